The predicted molar refractivity (Wildman–Crippen MR) is 139 cm³/mol. The highest BCUT2D eigenvalue weighted by molar-refractivity contribution is 7.14. The van der Waals surface area contributed by atoms with Crippen molar-refractivity contribution in [3.8, 4) is 0 Å². The zero-order chi connectivity index (χ0) is 27.8. The molecule has 2 aliphatic rings. The van der Waals surface area contributed by atoms with E-state index in [0.717, 1.165) is 29.4 Å². The van der Waals surface area contributed by atoms with Crippen molar-refractivity contribution in [3.05, 3.63) is 40.9 Å². The van der Waals surface area contributed by atoms with Gasteiger partial charge in [0.15, 0.2) is 0 Å². The average Bonchev–Trinajstić information content (AvgIpc) is 3.36. The Bertz CT molecular complexity index is 1200. The Kier molecular flexibility index (Phi) is 7.85. The number of rotatable bonds is 7. The molecule has 206 valence electrons. The van der Waals surface area contributed by atoms with Crippen LogP contribution in [-0.2, 0) is 22.3 Å². The van der Waals surface area contributed by atoms with Crippen LogP contribution in [0.25, 0.3) is 0 Å². The summed E-state index contributed by atoms with van der Waals surface area (Å²) in [5, 5.41) is 3.60. The van der Waals surface area contributed by atoms with Crippen molar-refractivity contribution in [2.75, 3.05) is 29.9 Å². The first-order chi connectivity index (χ1) is 17.8. The summed E-state index contributed by atoms with van der Waals surface area (Å²) in [7, 11) is 0. The molecule has 2 aromatic rings. The molecule has 2 saturated heterocycles. The minimum absolute atomic E-state index is 0.0144. The maximum absolute atomic E-state index is 13.2. The van der Waals surface area contributed by atoms with Gasteiger partial charge in [0, 0.05) is 44.2 Å². The zero-order valence-electron chi connectivity index (χ0n) is 21.8. The van der Waals surface area contributed by atoms with Crippen LogP contribution in [-0.4, -0.2) is 57.8 Å². The molecule has 12 heteroatoms. The van der Waals surface area contributed by atoms with Crippen LogP contribution in [0.4, 0.5) is 28.8 Å². The average molecular weight is 552 g/mol. The van der Waals surface area contributed by atoms with Gasteiger partial charge in [0.1, 0.15) is 16.4 Å². The van der Waals surface area contributed by atoms with Gasteiger partial charge in [0.2, 0.25) is 5.91 Å². The standard InChI is InChI=1S/C26H32F3N5O3S/c1-16-9-17(2)13-32(12-16)8-6-21(35)31-20-10-18(5-7-30-20)14-33-24(37)34(23(36)25(33,3)4)22-11-19(15-38-22)26(27,28)29/h5,7,10-11,15-17H,6,8-9,12-14H2,1-4H3,(H,30,31,35). The molecule has 0 spiro atoms. The molecule has 2 fully saturated rings. The van der Waals surface area contributed by atoms with Gasteiger partial charge in [0.05, 0.1) is 5.56 Å². The minimum atomic E-state index is -4.57. The highest BCUT2D eigenvalue weighted by Gasteiger charge is 2.52. The van der Waals surface area contributed by atoms with Gasteiger partial charge in [-0.05, 0) is 55.9 Å². The molecular formula is C26H32F3N5O3S. The number of likely N-dealkylation sites (tertiary alicyclic amines) is 1. The summed E-state index contributed by atoms with van der Waals surface area (Å²) in [6, 6.07) is 3.40. The van der Waals surface area contributed by atoms with Gasteiger partial charge in [0.25, 0.3) is 5.91 Å². The maximum atomic E-state index is 13.2. The first-order valence-corrected chi connectivity index (χ1v) is 13.4. The number of amides is 4. The second-order valence-electron chi connectivity index (χ2n) is 10.8. The van der Waals surface area contributed by atoms with E-state index in [2.05, 4.69) is 29.0 Å². The minimum Gasteiger partial charge on any atom is -0.311 e. The van der Waals surface area contributed by atoms with Gasteiger partial charge in [-0.25, -0.2) is 14.7 Å². The van der Waals surface area contributed by atoms with Crippen LogP contribution in [0.3, 0.4) is 0 Å². The van der Waals surface area contributed by atoms with E-state index in [1.54, 1.807) is 26.0 Å². The van der Waals surface area contributed by atoms with Gasteiger partial charge in [-0.3, -0.25) is 9.59 Å². The number of piperidine rings is 1. The summed E-state index contributed by atoms with van der Waals surface area (Å²) >= 11 is 0.691. The molecule has 2 unspecified atom stereocenters. The number of aromatic nitrogens is 1. The van der Waals surface area contributed by atoms with Crippen molar-refractivity contribution in [2.24, 2.45) is 11.8 Å². The molecule has 2 aromatic heterocycles. The van der Waals surface area contributed by atoms with Crippen molar-refractivity contribution in [1.82, 2.24) is 14.8 Å². The first kappa shape index (κ1) is 28.0. The Morgan fingerprint density at radius 1 is 1.18 bits per heavy atom. The molecule has 1 N–H and O–H groups in total. The lowest BCUT2D eigenvalue weighted by atomic mass is 9.92. The van der Waals surface area contributed by atoms with Crippen molar-refractivity contribution < 1.29 is 27.6 Å². The van der Waals surface area contributed by atoms with E-state index in [1.807, 2.05) is 0 Å². The third kappa shape index (κ3) is 6.01. The van der Waals surface area contributed by atoms with Crippen LogP contribution in [0.5, 0.6) is 0 Å². The van der Waals surface area contributed by atoms with E-state index >= 15 is 0 Å². The molecular weight excluding hydrogens is 519 g/mol. The predicted octanol–water partition coefficient (Wildman–Crippen LogP) is 5.22. The third-order valence-electron chi connectivity index (χ3n) is 6.99. The fraction of sp³-hybridized carbons (Fsp3) is 0.538. The summed E-state index contributed by atoms with van der Waals surface area (Å²) < 4.78 is 39.2. The first-order valence-electron chi connectivity index (χ1n) is 12.5. The molecule has 4 amide bonds. The summed E-state index contributed by atoms with van der Waals surface area (Å²) in [6.45, 7) is 10.2. The number of nitrogens with zero attached hydrogens (tertiary/aromatic N) is 4. The fourth-order valence-corrected chi connectivity index (χ4v) is 6.06. The smallest absolute Gasteiger partial charge is 0.311 e. The second kappa shape index (κ2) is 10.6. The maximum Gasteiger partial charge on any atom is 0.417 e. The number of thiophene rings is 1. The van der Waals surface area contributed by atoms with Gasteiger partial charge in [-0.2, -0.15) is 13.2 Å². The number of anilines is 2. The summed E-state index contributed by atoms with van der Waals surface area (Å²) in [6.07, 6.45) is -1.55. The van der Waals surface area contributed by atoms with E-state index in [1.165, 1.54) is 17.5 Å². The molecule has 0 bridgehead atoms. The molecule has 0 aliphatic carbocycles. The van der Waals surface area contributed by atoms with Crippen molar-refractivity contribution in [2.45, 2.75) is 58.8 Å². The molecule has 2 aliphatic heterocycles. The van der Waals surface area contributed by atoms with E-state index in [4.69, 9.17) is 0 Å². The Morgan fingerprint density at radius 2 is 1.87 bits per heavy atom. The number of urea groups is 1. The van der Waals surface area contributed by atoms with Crippen LogP contribution >= 0.6 is 11.3 Å². The number of hydrogen-bond acceptors (Lipinski definition) is 6. The summed E-state index contributed by atoms with van der Waals surface area (Å²) in [5.74, 6) is 0.757. The molecule has 8 nitrogen and oxygen atoms in total. The Balaban J connectivity index is 1.41. The topological polar surface area (TPSA) is 85.9 Å². The highest BCUT2D eigenvalue weighted by atomic mass is 32.1. The number of halogens is 3. The van der Waals surface area contributed by atoms with Gasteiger partial charge >= 0.3 is 12.2 Å². The molecule has 0 aromatic carbocycles. The normalized spacial score (nSPS) is 22.3. The SMILES string of the molecule is CC1CC(C)CN(CCC(=O)Nc2cc(CN3C(=O)N(c4cc(C(F)(F)F)cs4)C(=O)C3(C)C)ccn2)C1. The van der Waals surface area contributed by atoms with Crippen LogP contribution in [0, 0.1) is 11.8 Å². The van der Waals surface area contributed by atoms with E-state index in [9.17, 15) is 27.6 Å². The van der Waals surface area contributed by atoms with Crippen LogP contribution in [0.1, 0.15) is 51.7 Å². The Hall–Kier alpha value is -2.99. The van der Waals surface area contributed by atoms with Crippen LogP contribution < -0.4 is 10.2 Å². The molecule has 4 heterocycles. The number of hydrogen-bond donors (Lipinski definition) is 1. The Morgan fingerprint density at radius 3 is 2.50 bits per heavy atom. The third-order valence-corrected chi connectivity index (χ3v) is 7.90. The van der Waals surface area contributed by atoms with Gasteiger partial charge in [-0.1, -0.05) is 13.8 Å². The lowest BCUT2D eigenvalue weighted by molar-refractivity contribution is -0.137. The number of nitrogens with one attached hydrogen (secondary N) is 1. The number of pyridine rings is 1. The Labute approximate surface area is 223 Å². The molecule has 4 rings (SSSR count). The lowest BCUT2D eigenvalue weighted by Crippen LogP contribution is -2.43. The lowest BCUT2D eigenvalue weighted by Gasteiger charge is -2.34. The molecule has 0 radical (unpaired) electrons. The van der Waals surface area contributed by atoms with Crippen molar-refractivity contribution in [3.63, 3.8) is 0 Å². The van der Waals surface area contributed by atoms with Crippen LogP contribution in [0.15, 0.2) is 29.8 Å². The van der Waals surface area contributed by atoms with Crippen LogP contribution in [0.2, 0.25) is 0 Å². The summed E-state index contributed by atoms with van der Waals surface area (Å²) in [5.41, 5.74) is -1.57. The number of alkyl halides is 3. The number of imide groups is 1. The van der Waals surface area contributed by atoms with E-state index in [0.29, 0.717) is 47.5 Å². The van der Waals surface area contributed by atoms with Gasteiger partial charge < -0.3 is 15.1 Å². The molecule has 2 atom stereocenters. The molecule has 0 saturated carbocycles. The highest BCUT2D eigenvalue weighted by Crippen LogP contribution is 2.40. The molecule has 38 heavy (non-hydrogen) atoms. The zero-order valence-corrected chi connectivity index (χ0v) is 22.7. The van der Waals surface area contributed by atoms with Crippen molar-refractivity contribution in [1.29, 1.82) is 0 Å². The number of carbonyl (C=O) groups excluding carboxylic acids is 3. The quantitative estimate of drug-likeness (QED) is 0.477. The van der Waals surface area contributed by atoms with E-state index < -0.39 is 29.2 Å². The monoisotopic (exact) mass is 551 g/mol. The largest absolute Gasteiger partial charge is 0.417 e. The van der Waals surface area contributed by atoms with Gasteiger partial charge in [-0.15, -0.1) is 11.3 Å². The number of carbonyl (C=O) groups is 3. The van der Waals surface area contributed by atoms with Crippen molar-refractivity contribution >= 4 is 40.0 Å². The van der Waals surface area contributed by atoms with E-state index in [-0.39, 0.29) is 17.5 Å². The summed E-state index contributed by atoms with van der Waals surface area (Å²) in [4.78, 5) is 47.5. The second-order valence-corrected chi connectivity index (χ2v) is 11.7. The fourth-order valence-electron chi connectivity index (χ4n) is 5.15.